The van der Waals surface area contributed by atoms with Crippen molar-refractivity contribution in [2.24, 2.45) is 0 Å². The first kappa shape index (κ1) is 23.9. The summed E-state index contributed by atoms with van der Waals surface area (Å²) in [5, 5.41) is 0. The molecule has 4 nitrogen and oxygen atoms in total. The van der Waals surface area contributed by atoms with Gasteiger partial charge in [0.05, 0.1) is 13.4 Å². The highest BCUT2D eigenvalue weighted by Gasteiger charge is 2.40. The van der Waals surface area contributed by atoms with E-state index in [1.807, 2.05) is 36.8 Å². The summed E-state index contributed by atoms with van der Waals surface area (Å²) in [7, 11) is 1.68. The summed E-state index contributed by atoms with van der Waals surface area (Å²) in [5.74, 6) is 0.887. The maximum absolute atomic E-state index is 13.3. The largest absolute Gasteiger partial charge is 0.497 e. The van der Waals surface area contributed by atoms with Crippen molar-refractivity contribution >= 4 is 5.78 Å². The second-order valence-electron chi connectivity index (χ2n) is 9.85. The third kappa shape index (κ3) is 4.03. The molecule has 4 aromatic carbocycles. The van der Waals surface area contributed by atoms with Gasteiger partial charge in [-0.2, -0.15) is 0 Å². The first-order valence-electron chi connectivity index (χ1n) is 13.1. The number of fused-ring (bicyclic) bond motifs is 1. The number of benzene rings is 4. The molecule has 188 valence electrons. The van der Waals surface area contributed by atoms with Crippen molar-refractivity contribution in [3.63, 3.8) is 0 Å². The Bertz CT molecular complexity index is 1450. The van der Waals surface area contributed by atoms with Gasteiger partial charge in [-0.05, 0) is 46.4 Å². The van der Waals surface area contributed by atoms with Gasteiger partial charge in [0.1, 0.15) is 17.1 Å². The van der Waals surface area contributed by atoms with Crippen molar-refractivity contribution < 1.29 is 9.53 Å². The van der Waals surface area contributed by atoms with Gasteiger partial charge in [0, 0.05) is 30.7 Å². The van der Waals surface area contributed by atoms with E-state index in [4.69, 9.17) is 4.74 Å². The van der Waals surface area contributed by atoms with Crippen LogP contribution >= 0.6 is 0 Å². The van der Waals surface area contributed by atoms with Crippen LogP contribution < -0.4 is 4.74 Å². The first-order valence-corrected chi connectivity index (χ1v) is 13.1. The average Bonchev–Trinajstić information content (AvgIpc) is 3.45. The Kier molecular flexibility index (Phi) is 6.38. The summed E-state index contributed by atoms with van der Waals surface area (Å²) in [4.78, 5) is 18.0. The molecule has 1 aromatic heterocycles. The van der Waals surface area contributed by atoms with E-state index >= 15 is 0 Å². The molecule has 1 atom stereocenters. The zero-order chi connectivity index (χ0) is 26.0. The van der Waals surface area contributed by atoms with E-state index in [0.29, 0.717) is 12.8 Å². The lowest BCUT2D eigenvalue weighted by Crippen LogP contribution is -2.39. The van der Waals surface area contributed by atoms with E-state index in [2.05, 4.69) is 94.5 Å². The molecule has 0 N–H and O–H groups in total. The Morgan fingerprint density at radius 1 is 0.816 bits per heavy atom. The molecule has 5 aromatic rings. The number of hydrogen-bond donors (Lipinski definition) is 0. The SMILES string of the molecule is COc1ccc2c(c1)CCC(=O)C2Cc1cncn1C(c1ccccc1)(c1ccccc1)c1ccccc1. The molecule has 0 saturated carbocycles. The lowest BCUT2D eigenvalue weighted by molar-refractivity contribution is -0.120. The van der Waals surface area contributed by atoms with Gasteiger partial charge in [-0.1, -0.05) is 97.1 Å². The Balaban J connectivity index is 1.55. The molecule has 38 heavy (non-hydrogen) atoms. The fourth-order valence-electron chi connectivity index (χ4n) is 6.03. The number of ketones is 1. The molecular formula is C34H30N2O2. The molecule has 1 aliphatic rings. The molecule has 6 rings (SSSR count). The molecule has 0 fully saturated rings. The van der Waals surface area contributed by atoms with Crippen molar-refractivity contribution in [1.82, 2.24) is 9.55 Å². The molecule has 4 heteroatoms. The molecular weight excluding hydrogens is 468 g/mol. The summed E-state index contributed by atoms with van der Waals surface area (Å²) in [6.45, 7) is 0. The van der Waals surface area contributed by atoms with Crippen LogP contribution in [0.3, 0.4) is 0 Å². The number of aryl methyl sites for hydroxylation is 1. The Labute approximate surface area is 223 Å². The number of hydrogen-bond acceptors (Lipinski definition) is 3. The van der Waals surface area contributed by atoms with E-state index in [0.717, 1.165) is 40.1 Å². The molecule has 0 radical (unpaired) electrons. The number of methoxy groups -OCH3 is 1. The van der Waals surface area contributed by atoms with Crippen LogP contribution in [0.5, 0.6) is 5.75 Å². The average molecular weight is 499 g/mol. The van der Waals surface area contributed by atoms with E-state index in [1.54, 1.807) is 7.11 Å². The number of nitrogens with zero attached hydrogens (tertiary/aromatic N) is 2. The van der Waals surface area contributed by atoms with Crippen LogP contribution in [-0.2, 0) is 23.2 Å². The third-order valence-corrected chi connectivity index (χ3v) is 7.82. The van der Waals surface area contributed by atoms with E-state index in [1.165, 1.54) is 5.56 Å². The van der Waals surface area contributed by atoms with Gasteiger partial charge in [-0.3, -0.25) is 4.79 Å². The van der Waals surface area contributed by atoms with Gasteiger partial charge < -0.3 is 9.30 Å². The number of rotatable bonds is 7. The minimum atomic E-state index is -0.657. The zero-order valence-electron chi connectivity index (χ0n) is 21.5. The first-order chi connectivity index (χ1) is 18.7. The van der Waals surface area contributed by atoms with Crippen LogP contribution in [0.2, 0.25) is 0 Å². The number of carbonyl (C=O) groups is 1. The van der Waals surface area contributed by atoms with Crippen LogP contribution in [0, 0.1) is 0 Å². The second-order valence-corrected chi connectivity index (χ2v) is 9.85. The predicted octanol–water partition coefficient (Wildman–Crippen LogP) is 6.57. The molecule has 0 bridgehead atoms. The van der Waals surface area contributed by atoms with Crippen molar-refractivity contribution in [3.8, 4) is 5.75 Å². The standard InChI is InChI=1S/C34H30N2O2/c1-38-30-18-19-31-25(21-30)17-20-33(37)32(31)22-29-23-35-24-36(29)34(26-11-5-2-6-12-26,27-13-7-3-8-14-27)28-15-9-4-10-16-28/h2-16,18-19,21,23-24,32H,17,20,22H2,1H3. The maximum atomic E-state index is 13.3. The van der Waals surface area contributed by atoms with Crippen molar-refractivity contribution in [2.75, 3.05) is 7.11 Å². The minimum absolute atomic E-state index is 0.222. The highest BCUT2D eigenvalue weighted by Crippen LogP contribution is 2.43. The van der Waals surface area contributed by atoms with Crippen LogP contribution in [0.1, 0.15) is 45.8 Å². The van der Waals surface area contributed by atoms with Gasteiger partial charge in [0.15, 0.2) is 0 Å². The summed E-state index contributed by atoms with van der Waals surface area (Å²) in [5.41, 5.74) is 6.06. The van der Waals surface area contributed by atoms with E-state index < -0.39 is 5.54 Å². The van der Waals surface area contributed by atoms with E-state index in [9.17, 15) is 4.79 Å². The van der Waals surface area contributed by atoms with Gasteiger partial charge in [0.25, 0.3) is 0 Å². The number of ether oxygens (including phenoxy) is 1. The van der Waals surface area contributed by atoms with Gasteiger partial charge >= 0.3 is 0 Å². The number of imidazole rings is 1. The maximum Gasteiger partial charge on any atom is 0.141 e. The molecule has 1 unspecified atom stereocenters. The van der Waals surface area contributed by atoms with E-state index in [-0.39, 0.29) is 11.7 Å². The molecule has 0 saturated heterocycles. The Hall–Kier alpha value is -4.44. The molecule has 1 aliphatic carbocycles. The predicted molar refractivity (Wildman–Crippen MR) is 150 cm³/mol. The molecule has 0 spiro atoms. The summed E-state index contributed by atoms with van der Waals surface area (Å²) < 4.78 is 7.74. The molecule has 0 amide bonds. The van der Waals surface area contributed by atoms with Crippen LogP contribution in [-0.4, -0.2) is 22.4 Å². The van der Waals surface area contributed by atoms with Gasteiger partial charge in [-0.15, -0.1) is 0 Å². The number of carbonyl (C=O) groups excluding carboxylic acids is 1. The van der Waals surface area contributed by atoms with Crippen molar-refractivity contribution in [1.29, 1.82) is 0 Å². The summed E-state index contributed by atoms with van der Waals surface area (Å²) >= 11 is 0. The fraction of sp³-hybridized carbons (Fsp3) is 0.176. The van der Waals surface area contributed by atoms with Gasteiger partial charge in [-0.25, -0.2) is 4.98 Å². The number of Topliss-reactive ketones (excluding diaryl/α,β-unsaturated/α-hetero) is 1. The second kappa shape index (κ2) is 10.1. The lowest BCUT2D eigenvalue weighted by Gasteiger charge is -2.39. The smallest absolute Gasteiger partial charge is 0.141 e. The third-order valence-electron chi connectivity index (χ3n) is 7.82. The van der Waals surface area contributed by atoms with Crippen LogP contribution in [0.15, 0.2) is 122 Å². The monoisotopic (exact) mass is 498 g/mol. The summed E-state index contributed by atoms with van der Waals surface area (Å²) in [6.07, 6.45) is 5.72. The minimum Gasteiger partial charge on any atom is -0.497 e. The summed E-state index contributed by atoms with van der Waals surface area (Å²) in [6, 6.07) is 37.8. The Morgan fingerprint density at radius 2 is 1.39 bits per heavy atom. The van der Waals surface area contributed by atoms with Crippen LogP contribution in [0.25, 0.3) is 0 Å². The molecule has 1 heterocycles. The molecule has 0 aliphatic heterocycles. The normalized spacial score (nSPS) is 15.2. The Morgan fingerprint density at radius 3 is 1.95 bits per heavy atom. The topological polar surface area (TPSA) is 44.1 Å². The highest BCUT2D eigenvalue weighted by atomic mass is 16.5. The van der Waals surface area contributed by atoms with Gasteiger partial charge in [0.2, 0.25) is 0 Å². The number of aromatic nitrogens is 2. The van der Waals surface area contributed by atoms with Crippen molar-refractivity contribution in [3.05, 3.63) is 155 Å². The lowest BCUT2D eigenvalue weighted by atomic mass is 9.75. The highest BCUT2D eigenvalue weighted by molar-refractivity contribution is 5.88. The zero-order valence-corrected chi connectivity index (χ0v) is 21.5. The van der Waals surface area contributed by atoms with Crippen LogP contribution in [0.4, 0.5) is 0 Å². The van der Waals surface area contributed by atoms with Crippen molar-refractivity contribution in [2.45, 2.75) is 30.7 Å². The fourth-order valence-corrected chi connectivity index (χ4v) is 6.03. The quantitative estimate of drug-likeness (QED) is 0.238.